The predicted octanol–water partition coefficient (Wildman–Crippen LogP) is 4.61. The third-order valence-electron chi connectivity index (χ3n) is 4.61. The number of nitrogens with zero attached hydrogens (tertiary/aromatic N) is 1. The fraction of sp³-hybridized carbons (Fsp3) is 0.261. The highest BCUT2D eigenvalue weighted by molar-refractivity contribution is 5.97. The molecule has 0 spiro atoms. The summed E-state index contributed by atoms with van der Waals surface area (Å²) in [6.45, 7) is 5.86. The van der Waals surface area contributed by atoms with E-state index in [2.05, 4.69) is 9.88 Å². The van der Waals surface area contributed by atoms with Gasteiger partial charge in [0.2, 0.25) is 0 Å². The molecule has 2 aromatic carbocycles. The van der Waals surface area contributed by atoms with E-state index in [1.807, 2.05) is 75.4 Å². The lowest BCUT2D eigenvalue weighted by atomic mass is 10.1. The van der Waals surface area contributed by atoms with Gasteiger partial charge in [-0.2, -0.15) is 0 Å². The summed E-state index contributed by atoms with van der Waals surface area (Å²) < 4.78 is 13.0. The van der Waals surface area contributed by atoms with Crippen molar-refractivity contribution in [3.8, 4) is 28.4 Å². The summed E-state index contributed by atoms with van der Waals surface area (Å²) in [5, 5.41) is 2.99. The van der Waals surface area contributed by atoms with Crippen molar-refractivity contribution in [2.24, 2.45) is 0 Å². The van der Waals surface area contributed by atoms with Crippen molar-refractivity contribution in [3.63, 3.8) is 0 Å². The standard InChI is InChI=1S/C23H26N2O3/c1-15(2)24-23(26)19-14-21(17-9-7-6-8-10-17)25(16(19)3)20-12-11-18(27-4)13-22(20)28-5/h6-15H,1-5H3,(H,24,26). The summed E-state index contributed by atoms with van der Waals surface area (Å²) in [5.41, 5.74) is 4.29. The second kappa shape index (κ2) is 8.21. The molecule has 1 N–H and O–H groups in total. The Kier molecular flexibility index (Phi) is 5.73. The number of nitrogens with one attached hydrogen (secondary N) is 1. The maximum absolute atomic E-state index is 12.8. The molecule has 0 aliphatic rings. The Balaban J connectivity index is 2.25. The molecular weight excluding hydrogens is 352 g/mol. The molecule has 0 saturated heterocycles. The molecule has 1 heterocycles. The summed E-state index contributed by atoms with van der Waals surface area (Å²) in [7, 11) is 3.25. The fourth-order valence-electron chi connectivity index (χ4n) is 3.28. The van der Waals surface area contributed by atoms with E-state index in [9.17, 15) is 4.79 Å². The Morgan fingerprint density at radius 3 is 2.32 bits per heavy atom. The Bertz CT molecular complexity index is 975. The van der Waals surface area contributed by atoms with Gasteiger partial charge in [0, 0.05) is 17.8 Å². The van der Waals surface area contributed by atoms with Crippen LogP contribution in [0.25, 0.3) is 16.9 Å². The van der Waals surface area contributed by atoms with Crippen molar-refractivity contribution < 1.29 is 14.3 Å². The zero-order valence-electron chi connectivity index (χ0n) is 16.9. The van der Waals surface area contributed by atoms with E-state index in [4.69, 9.17) is 9.47 Å². The number of amides is 1. The number of hydrogen-bond acceptors (Lipinski definition) is 3. The molecule has 0 radical (unpaired) electrons. The van der Waals surface area contributed by atoms with Gasteiger partial charge in [-0.1, -0.05) is 30.3 Å². The van der Waals surface area contributed by atoms with Crippen LogP contribution in [0.3, 0.4) is 0 Å². The van der Waals surface area contributed by atoms with Crippen LogP contribution in [0.5, 0.6) is 11.5 Å². The average molecular weight is 378 g/mol. The number of benzene rings is 2. The molecule has 5 nitrogen and oxygen atoms in total. The van der Waals surface area contributed by atoms with Crippen LogP contribution >= 0.6 is 0 Å². The topological polar surface area (TPSA) is 52.5 Å². The Morgan fingerprint density at radius 1 is 1.00 bits per heavy atom. The van der Waals surface area contributed by atoms with Crippen molar-refractivity contribution >= 4 is 5.91 Å². The molecule has 0 aliphatic carbocycles. The monoisotopic (exact) mass is 378 g/mol. The first-order valence-corrected chi connectivity index (χ1v) is 9.27. The minimum absolute atomic E-state index is 0.0611. The fourth-order valence-corrected chi connectivity index (χ4v) is 3.28. The molecule has 0 aliphatic heterocycles. The molecule has 1 amide bonds. The van der Waals surface area contributed by atoms with Crippen LogP contribution in [0, 0.1) is 6.92 Å². The van der Waals surface area contributed by atoms with E-state index in [-0.39, 0.29) is 11.9 Å². The van der Waals surface area contributed by atoms with Crippen molar-refractivity contribution in [3.05, 3.63) is 65.9 Å². The van der Waals surface area contributed by atoms with Crippen LogP contribution in [-0.4, -0.2) is 30.7 Å². The first-order chi connectivity index (χ1) is 13.5. The van der Waals surface area contributed by atoms with Gasteiger partial charge >= 0.3 is 0 Å². The molecule has 0 fully saturated rings. The normalized spacial score (nSPS) is 10.8. The summed E-state index contributed by atoms with van der Waals surface area (Å²) in [6, 6.07) is 17.7. The van der Waals surface area contributed by atoms with Crippen LogP contribution in [0.4, 0.5) is 0 Å². The molecule has 5 heteroatoms. The third-order valence-corrected chi connectivity index (χ3v) is 4.61. The van der Waals surface area contributed by atoms with Crippen molar-refractivity contribution in [1.29, 1.82) is 0 Å². The Hall–Kier alpha value is -3.21. The molecule has 28 heavy (non-hydrogen) atoms. The van der Waals surface area contributed by atoms with Crippen molar-refractivity contribution in [2.75, 3.05) is 14.2 Å². The van der Waals surface area contributed by atoms with Gasteiger partial charge in [-0.3, -0.25) is 4.79 Å². The van der Waals surface area contributed by atoms with Crippen molar-refractivity contribution in [2.45, 2.75) is 26.8 Å². The molecule has 0 atom stereocenters. The first-order valence-electron chi connectivity index (χ1n) is 9.27. The van der Waals surface area contributed by atoms with Crippen LogP contribution in [0.1, 0.15) is 29.9 Å². The molecule has 3 aromatic rings. The van der Waals surface area contributed by atoms with Crippen LogP contribution < -0.4 is 14.8 Å². The molecule has 1 aromatic heterocycles. The highest BCUT2D eigenvalue weighted by Crippen LogP contribution is 2.35. The summed E-state index contributed by atoms with van der Waals surface area (Å²) in [5.74, 6) is 1.30. The largest absolute Gasteiger partial charge is 0.497 e. The first kappa shape index (κ1) is 19.5. The van der Waals surface area contributed by atoms with Crippen molar-refractivity contribution in [1.82, 2.24) is 9.88 Å². The van der Waals surface area contributed by atoms with E-state index in [1.54, 1.807) is 14.2 Å². The number of carbonyl (C=O) groups excluding carboxylic acids is 1. The maximum Gasteiger partial charge on any atom is 0.253 e. The molecule has 0 unspecified atom stereocenters. The van der Waals surface area contributed by atoms with Gasteiger partial charge in [0.1, 0.15) is 11.5 Å². The number of hydrogen-bond donors (Lipinski definition) is 1. The van der Waals surface area contributed by atoms with Crippen LogP contribution in [0.2, 0.25) is 0 Å². The quantitative estimate of drug-likeness (QED) is 0.682. The Labute approximate surface area is 165 Å². The van der Waals surface area contributed by atoms with E-state index < -0.39 is 0 Å². The predicted molar refractivity (Wildman–Crippen MR) is 112 cm³/mol. The SMILES string of the molecule is COc1ccc(-n2c(-c3ccccc3)cc(C(=O)NC(C)C)c2C)c(OC)c1. The lowest BCUT2D eigenvalue weighted by Gasteiger charge is -2.17. The van der Waals surface area contributed by atoms with Gasteiger partial charge in [-0.15, -0.1) is 0 Å². The lowest BCUT2D eigenvalue weighted by Crippen LogP contribution is -2.30. The summed E-state index contributed by atoms with van der Waals surface area (Å²) in [6.07, 6.45) is 0. The smallest absolute Gasteiger partial charge is 0.253 e. The van der Waals surface area contributed by atoms with E-state index in [0.29, 0.717) is 17.1 Å². The molecule has 3 rings (SSSR count). The van der Waals surface area contributed by atoms with Gasteiger partial charge in [0.05, 0.1) is 31.2 Å². The Morgan fingerprint density at radius 2 is 1.71 bits per heavy atom. The third kappa shape index (κ3) is 3.74. The zero-order valence-corrected chi connectivity index (χ0v) is 16.9. The number of ether oxygens (including phenoxy) is 2. The average Bonchev–Trinajstić information content (AvgIpc) is 3.04. The summed E-state index contributed by atoms with van der Waals surface area (Å²) in [4.78, 5) is 12.8. The highest BCUT2D eigenvalue weighted by Gasteiger charge is 2.22. The van der Waals surface area contributed by atoms with Crippen LogP contribution in [0.15, 0.2) is 54.6 Å². The van der Waals surface area contributed by atoms with Crippen LogP contribution in [-0.2, 0) is 0 Å². The molecule has 0 bridgehead atoms. The van der Waals surface area contributed by atoms with Gasteiger partial charge in [0.15, 0.2) is 0 Å². The lowest BCUT2D eigenvalue weighted by molar-refractivity contribution is 0.0942. The molecule has 0 saturated carbocycles. The number of aromatic nitrogens is 1. The highest BCUT2D eigenvalue weighted by atomic mass is 16.5. The number of methoxy groups -OCH3 is 2. The zero-order chi connectivity index (χ0) is 20.3. The minimum atomic E-state index is -0.0871. The maximum atomic E-state index is 12.8. The van der Waals surface area contributed by atoms with Gasteiger partial charge in [-0.05, 0) is 44.5 Å². The second-order valence-electron chi connectivity index (χ2n) is 6.90. The summed E-state index contributed by atoms with van der Waals surface area (Å²) >= 11 is 0. The van der Waals surface area contributed by atoms with Gasteiger partial charge in [0.25, 0.3) is 5.91 Å². The number of rotatable bonds is 6. The van der Waals surface area contributed by atoms with Gasteiger partial charge in [-0.25, -0.2) is 0 Å². The molecule has 146 valence electrons. The second-order valence-corrected chi connectivity index (χ2v) is 6.90. The van der Waals surface area contributed by atoms with E-state index in [0.717, 1.165) is 22.6 Å². The van der Waals surface area contributed by atoms with E-state index >= 15 is 0 Å². The van der Waals surface area contributed by atoms with E-state index in [1.165, 1.54) is 0 Å². The number of carbonyl (C=O) groups is 1. The molecular formula is C23H26N2O3. The van der Waals surface area contributed by atoms with Gasteiger partial charge < -0.3 is 19.4 Å². The minimum Gasteiger partial charge on any atom is -0.497 e.